The van der Waals surface area contributed by atoms with E-state index >= 15 is 0 Å². The van der Waals surface area contributed by atoms with Crippen LogP contribution >= 0.6 is 0 Å². The number of aromatic nitrogens is 1. The van der Waals surface area contributed by atoms with Crippen LogP contribution in [0.3, 0.4) is 0 Å². The second-order valence-electron chi connectivity index (χ2n) is 7.66. The van der Waals surface area contributed by atoms with Crippen molar-refractivity contribution in [1.29, 1.82) is 0 Å². The van der Waals surface area contributed by atoms with E-state index < -0.39 is 12.0 Å². The number of piperidine rings is 1. The smallest absolute Gasteiger partial charge is 0.229 e. The Bertz CT molecular complexity index is 1070. The number of hydrogen-bond donors (Lipinski definition) is 1. The highest BCUT2D eigenvalue weighted by Gasteiger charge is 2.42. The van der Waals surface area contributed by atoms with E-state index in [1.165, 1.54) is 0 Å². The topological polar surface area (TPSA) is 71.5 Å². The summed E-state index contributed by atoms with van der Waals surface area (Å²) in [6, 6.07) is 18.4. The molecular weight excluding hydrogens is 390 g/mol. The van der Waals surface area contributed by atoms with Crippen molar-refractivity contribution in [2.45, 2.75) is 25.8 Å². The van der Waals surface area contributed by atoms with Crippen LogP contribution in [0, 0.1) is 12.8 Å². The van der Waals surface area contributed by atoms with Crippen molar-refractivity contribution in [3.63, 3.8) is 0 Å². The molecule has 6 nitrogen and oxygen atoms in total. The maximum absolute atomic E-state index is 13.4. The molecule has 0 saturated carbocycles. The van der Waals surface area contributed by atoms with E-state index in [4.69, 9.17) is 4.74 Å². The molecular formula is C25H25N3O3. The number of carbonyl (C=O) groups excluding carboxylic acids is 2. The van der Waals surface area contributed by atoms with Gasteiger partial charge in [-0.15, -0.1) is 0 Å². The average Bonchev–Trinajstić information content (AvgIpc) is 2.80. The third kappa shape index (κ3) is 4.28. The fraction of sp³-hybridized carbons (Fsp3) is 0.240. The number of amides is 2. The minimum absolute atomic E-state index is 0.00674. The summed E-state index contributed by atoms with van der Waals surface area (Å²) >= 11 is 0. The molecule has 1 aromatic heterocycles. The number of ether oxygens (including phenoxy) is 1. The third-order valence-electron chi connectivity index (χ3n) is 5.65. The predicted molar refractivity (Wildman–Crippen MR) is 120 cm³/mol. The number of aryl methyl sites for hydroxylation is 1. The lowest BCUT2D eigenvalue weighted by Gasteiger charge is -2.41. The number of anilines is 2. The molecule has 1 aliphatic heterocycles. The van der Waals surface area contributed by atoms with Gasteiger partial charge in [0.1, 0.15) is 5.75 Å². The number of hydrogen-bond acceptors (Lipinski definition) is 4. The normalized spacial score (nSPS) is 18.5. The summed E-state index contributed by atoms with van der Waals surface area (Å²) < 4.78 is 5.61. The van der Waals surface area contributed by atoms with Crippen LogP contribution in [0.1, 0.15) is 30.0 Å². The van der Waals surface area contributed by atoms with Gasteiger partial charge in [0.2, 0.25) is 11.8 Å². The molecule has 0 unspecified atom stereocenters. The summed E-state index contributed by atoms with van der Waals surface area (Å²) in [4.78, 5) is 32.3. The lowest BCUT2D eigenvalue weighted by Crippen LogP contribution is -2.47. The number of nitrogens with one attached hydrogen (secondary N) is 1. The van der Waals surface area contributed by atoms with Crippen molar-refractivity contribution in [3.8, 4) is 5.75 Å². The van der Waals surface area contributed by atoms with Gasteiger partial charge >= 0.3 is 0 Å². The van der Waals surface area contributed by atoms with Crippen LogP contribution in [-0.4, -0.2) is 23.9 Å². The van der Waals surface area contributed by atoms with E-state index in [0.29, 0.717) is 24.3 Å². The van der Waals surface area contributed by atoms with E-state index in [2.05, 4.69) is 10.3 Å². The first-order chi connectivity index (χ1) is 15.1. The molecule has 1 saturated heterocycles. The summed E-state index contributed by atoms with van der Waals surface area (Å²) in [6.45, 7) is 2.00. The Labute approximate surface area is 181 Å². The molecule has 6 heteroatoms. The van der Waals surface area contributed by atoms with E-state index in [-0.39, 0.29) is 11.8 Å². The van der Waals surface area contributed by atoms with Crippen LogP contribution in [0.25, 0.3) is 0 Å². The largest absolute Gasteiger partial charge is 0.496 e. The molecule has 4 rings (SSSR count). The number of pyridine rings is 1. The molecule has 2 amide bonds. The monoisotopic (exact) mass is 415 g/mol. The zero-order chi connectivity index (χ0) is 21.8. The standard InChI is InChI=1S/C25H25N3O3/c1-17-7-9-19(10-8-17)28-23(29)12-11-21(25(30)27-18-13-15-26-16-14-18)24(28)20-5-3-4-6-22(20)31-2/h3-10,13-16,21,24H,11-12H2,1-2H3,(H,26,27,30)/t21-,24-/m1/s1. The maximum Gasteiger partial charge on any atom is 0.229 e. The van der Waals surface area contributed by atoms with Gasteiger partial charge in [0.05, 0.1) is 19.1 Å². The highest BCUT2D eigenvalue weighted by molar-refractivity contribution is 6.00. The fourth-order valence-electron chi connectivity index (χ4n) is 4.11. The van der Waals surface area contributed by atoms with Crippen molar-refractivity contribution in [3.05, 3.63) is 84.2 Å². The summed E-state index contributed by atoms with van der Waals surface area (Å²) in [6.07, 6.45) is 4.03. The Morgan fingerprint density at radius 3 is 2.48 bits per heavy atom. The molecule has 0 bridgehead atoms. The Kier molecular flexibility index (Phi) is 5.98. The Morgan fingerprint density at radius 2 is 1.77 bits per heavy atom. The molecule has 31 heavy (non-hydrogen) atoms. The van der Waals surface area contributed by atoms with Gasteiger partial charge in [0.15, 0.2) is 0 Å². The van der Waals surface area contributed by atoms with Crippen LogP contribution in [0.5, 0.6) is 5.75 Å². The summed E-state index contributed by atoms with van der Waals surface area (Å²) in [7, 11) is 1.60. The minimum atomic E-state index is -0.484. The van der Waals surface area contributed by atoms with Crippen molar-refractivity contribution in [2.24, 2.45) is 5.92 Å². The number of nitrogens with zero attached hydrogens (tertiary/aromatic N) is 2. The Morgan fingerprint density at radius 1 is 1.06 bits per heavy atom. The van der Waals surface area contributed by atoms with Crippen LogP contribution in [0.4, 0.5) is 11.4 Å². The molecule has 0 radical (unpaired) electrons. The summed E-state index contributed by atoms with van der Waals surface area (Å²) in [5.41, 5.74) is 3.37. The minimum Gasteiger partial charge on any atom is -0.496 e. The van der Waals surface area contributed by atoms with Crippen LogP contribution in [0.2, 0.25) is 0 Å². The van der Waals surface area contributed by atoms with Gasteiger partial charge in [-0.2, -0.15) is 0 Å². The molecule has 1 N–H and O–H groups in total. The van der Waals surface area contributed by atoms with Gasteiger partial charge in [0, 0.05) is 35.8 Å². The number of methoxy groups -OCH3 is 1. The van der Waals surface area contributed by atoms with Gasteiger partial charge in [0.25, 0.3) is 0 Å². The summed E-state index contributed by atoms with van der Waals surface area (Å²) in [5.74, 6) is 0.0731. The number of benzene rings is 2. The molecule has 158 valence electrons. The third-order valence-corrected chi connectivity index (χ3v) is 5.65. The lowest BCUT2D eigenvalue weighted by atomic mass is 9.82. The predicted octanol–water partition coefficient (Wildman–Crippen LogP) is 4.52. The first-order valence-electron chi connectivity index (χ1n) is 10.3. The molecule has 2 heterocycles. The van der Waals surface area contributed by atoms with Crippen molar-refractivity contribution in [2.75, 3.05) is 17.3 Å². The van der Waals surface area contributed by atoms with Crippen LogP contribution in [-0.2, 0) is 9.59 Å². The molecule has 0 spiro atoms. The van der Waals surface area contributed by atoms with Gasteiger partial charge in [-0.3, -0.25) is 14.6 Å². The number of para-hydroxylation sites is 1. The van der Waals surface area contributed by atoms with E-state index in [0.717, 1.165) is 16.8 Å². The quantitative estimate of drug-likeness (QED) is 0.665. The second-order valence-corrected chi connectivity index (χ2v) is 7.66. The first-order valence-corrected chi connectivity index (χ1v) is 10.3. The van der Waals surface area contributed by atoms with E-state index in [1.807, 2.05) is 55.5 Å². The Hall–Kier alpha value is -3.67. The van der Waals surface area contributed by atoms with E-state index in [9.17, 15) is 9.59 Å². The SMILES string of the molecule is COc1ccccc1[C@@H]1[C@H](C(=O)Nc2ccncc2)CCC(=O)N1c1ccc(C)cc1. The van der Waals surface area contributed by atoms with Gasteiger partial charge in [-0.25, -0.2) is 0 Å². The fourth-order valence-corrected chi connectivity index (χ4v) is 4.11. The van der Waals surface area contributed by atoms with Gasteiger partial charge < -0.3 is 15.0 Å². The summed E-state index contributed by atoms with van der Waals surface area (Å²) in [5, 5.41) is 2.99. The zero-order valence-electron chi connectivity index (χ0n) is 17.6. The van der Waals surface area contributed by atoms with Crippen LogP contribution < -0.4 is 15.0 Å². The molecule has 3 aromatic rings. The van der Waals surface area contributed by atoms with Crippen molar-refractivity contribution >= 4 is 23.2 Å². The number of carbonyl (C=O) groups is 2. The second kappa shape index (κ2) is 9.00. The molecule has 1 fully saturated rings. The van der Waals surface area contributed by atoms with E-state index in [1.54, 1.807) is 36.5 Å². The molecule has 2 atom stereocenters. The zero-order valence-corrected chi connectivity index (χ0v) is 17.6. The molecule has 2 aromatic carbocycles. The highest BCUT2D eigenvalue weighted by atomic mass is 16.5. The molecule has 0 aliphatic carbocycles. The number of rotatable bonds is 5. The average molecular weight is 415 g/mol. The first kappa shape index (κ1) is 20.6. The highest BCUT2D eigenvalue weighted by Crippen LogP contribution is 2.43. The van der Waals surface area contributed by atoms with Gasteiger partial charge in [-0.05, 0) is 43.7 Å². The van der Waals surface area contributed by atoms with Gasteiger partial charge in [-0.1, -0.05) is 35.9 Å². The Balaban J connectivity index is 1.78. The maximum atomic E-state index is 13.4. The van der Waals surface area contributed by atoms with Crippen molar-refractivity contribution in [1.82, 2.24) is 4.98 Å². The van der Waals surface area contributed by atoms with Crippen molar-refractivity contribution < 1.29 is 14.3 Å². The van der Waals surface area contributed by atoms with Crippen LogP contribution in [0.15, 0.2) is 73.1 Å². The molecule has 1 aliphatic rings. The lowest BCUT2D eigenvalue weighted by molar-refractivity contribution is -0.125.